The van der Waals surface area contributed by atoms with Gasteiger partial charge in [0, 0.05) is 29.1 Å². The number of aromatic amines is 1. The second kappa shape index (κ2) is 4.42. The summed E-state index contributed by atoms with van der Waals surface area (Å²) in [5.41, 5.74) is 6.49. The molecule has 0 unspecified atom stereocenters. The number of hydrogen-bond donors (Lipinski definition) is 1. The first-order valence-corrected chi connectivity index (χ1v) is 6.51. The number of aliphatic imine (C=N–C) groups is 1. The summed E-state index contributed by atoms with van der Waals surface area (Å²) in [6.07, 6.45) is 5.57. The van der Waals surface area contributed by atoms with Crippen molar-refractivity contribution in [3.63, 3.8) is 0 Å². The molecule has 0 aliphatic carbocycles. The predicted octanol–water partition coefficient (Wildman–Crippen LogP) is 2.82. The van der Waals surface area contributed by atoms with Crippen LogP contribution in [0.5, 0.6) is 0 Å². The highest BCUT2D eigenvalue weighted by molar-refractivity contribution is 6.18. The van der Waals surface area contributed by atoms with E-state index in [4.69, 9.17) is 0 Å². The number of rotatable bonds is 2. The summed E-state index contributed by atoms with van der Waals surface area (Å²) in [4.78, 5) is 9.13. The van der Waals surface area contributed by atoms with Gasteiger partial charge >= 0.3 is 0 Å². The number of aromatic nitrogens is 3. The molecule has 1 aliphatic heterocycles. The third-order valence-corrected chi connectivity index (χ3v) is 3.51. The van der Waals surface area contributed by atoms with Gasteiger partial charge in [0.15, 0.2) is 0 Å². The highest BCUT2D eigenvalue weighted by atomic mass is 15.1. The summed E-state index contributed by atoms with van der Waals surface area (Å²) < 4.78 is 0. The molecule has 1 N–H and O–H groups in total. The van der Waals surface area contributed by atoms with Crippen LogP contribution < -0.4 is 0 Å². The molecule has 0 fully saturated rings. The molecule has 0 bridgehead atoms. The monoisotopic (exact) mass is 260 g/mol. The van der Waals surface area contributed by atoms with E-state index < -0.39 is 0 Å². The van der Waals surface area contributed by atoms with Crippen molar-refractivity contribution in [2.45, 2.75) is 6.54 Å². The van der Waals surface area contributed by atoms with E-state index in [1.165, 1.54) is 0 Å². The summed E-state index contributed by atoms with van der Waals surface area (Å²) >= 11 is 0. The fourth-order valence-electron chi connectivity index (χ4n) is 2.59. The molecule has 0 amide bonds. The van der Waals surface area contributed by atoms with Crippen molar-refractivity contribution < 1.29 is 0 Å². The summed E-state index contributed by atoms with van der Waals surface area (Å²) in [7, 11) is 0. The molecule has 0 saturated carbocycles. The van der Waals surface area contributed by atoms with Gasteiger partial charge in [-0.2, -0.15) is 5.10 Å². The van der Waals surface area contributed by atoms with Crippen LogP contribution in [-0.4, -0.2) is 20.9 Å². The van der Waals surface area contributed by atoms with Gasteiger partial charge in [0.2, 0.25) is 0 Å². The molecule has 0 saturated heterocycles. The third kappa shape index (κ3) is 1.66. The molecule has 4 heteroatoms. The van der Waals surface area contributed by atoms with Gasteiger partial charge in [-0.15, -0.1) is 0 Å². The quantitative estimate of drug-likeness (QED) is 0.770. The Kier molecular flexibility index (Phi) is 2.45. The van der Waals surface area contributed by atoms with Crippen molar-refractivity contribution in [1.29, 1.82) is 0 Å². The topological polar surface area (TPSA) is 53.9 Å². The maximum Gasteiger partial charge on any atom is 0.0826 e. The lowest BCUT2D eigenvalue weighted by Crippen LogP contribution is -2.04. The first kappa shape index (κ1) is 11.1. The fourth-order valence-corrected chi connectivity index (χ4v) is 2.59. The van der Waals surface area contributed by atoms with Gasteiger partial charge in [-0.05, 0) is 11.6 Å². The Morgan fingerprint density at radius 1 is 1.00 bits per heavy atom. The summed E-state index contributed by atoms with van der Waals surface area (Å²) in [5, 5.41) is 6.90. The molecular weight excluding hydrogens is 248 g/mol. The number of nitrogens with one attached hydrogen (secondary N) is 1. The van der Waals surface area contributed by atoms with Crippen LogP contribution in [0.2, 0.25) is 0 Å². The Hall–Kier alpha value is -2.75. The van der Waals surface area contributed by atoms with E-state index in [-0.39, 0.29) is 0 Å². The van der Waals surface area contributed by atoms with E-state index in [1.807, 2.05) is 42.9 Å². The van der Waals surface area contributed by atoms with Crippen LogP contribution in [0.3, 0.4) is 0 Å². The molecular formula is C16H12N4. The number of nitrogens with zero attached hydrogens (tertiary/aromatic N) is 3. The second-order valence-electron chi connectivity index (χ2n) is 4.70. The van der Waals surface area contributed by atoms with Crippen LogP contribution in [0.25, 0.3) is 11.1 Å². The Balaban J connectivity index is 1.92. The van der Waals surface area contributed by atoms with Crippen molar-refractivity contribution in [1.82, 2.24) is 15.2 Å². The summed E-state index contributed by atoms with van der Waals surface area (Å²) in [6.45, 7) is 0.644. The van der Waals surface area contributed by atoms with E-state index in [0.717, 1.165) is 33.7 Å². The highest BCUT2D eigenvalue weighted by Crippen LogP contribution is 2.31. The molecule has 4 nitrogen and oxygen atoms in total. The van der Waals surface area contributed by atoms with E-state index >= 15 is 0 Å². The first-order valence-electron chi connectivity index (χ1n) is 6.51. The van der Waals surface area contributed by atoms with Gasteiger partial charge in [0.1, 0.15) is 0 Å². The molecule has 0 radical (unpaired) electrons. The average Bonchev–Trinajstić information content (AvgIpc) is 3.17. The minimum Gasteiger partial charge on any atom is -0.285 e. The lowest BCUT2D eigenvalue weighted by Gasteiger charge is -2.08. The molecule has 20 heavy (non-hydrogen) atoms. The Morgan fingerprint density at radius 2 is 1.90 bits per heavy atom. The second-order valence-corrected chi connectivity index (χ2v) is 4.70. The van der Waals surface area contributed by atoms with Gasteiger partial charge in [0.25, 0.3) is 0 Å². The zero-order valence-corrected chi connectivity index (χ0v) is 10.7. The standard InChI is InChI=1S/C16H12N4/c1-2-4-11(5-3-1)16-15-13(12-8-19-20-9-12)6-7-17-14(15)10-18-16/h1-9H,10H2,(H,19,20). The van der Waals surface area contributed by atoms with Crippen molar-refractivity contribution in [3.8, 4) is 11.1 Å². The first-order chi connectivity index (χ1) is 9.93. The number of pyridine rings is 1. The largest absolute Gasteiger partial charge is 0.285 e. The normalized spacial score (nSPS) is 13.1. The highest BCUT2D eigenvalue weighted by Gasteiger charge is 2.22. The van der Waals surface area contributed by atoms with Crippen LogP contribution in [-0.2, 0) is 6.54 Å². The molecule has 0 atom stereocenters. The number of fused-ring (bicyclic) bond motifs is 1. The summed E-state index contributed by atoms with van der Waals surface area (Å²) in [6, 6.07) is 12.3. The maximum atomic E-state index is 4.67. The lowest BCUT2D eigenvalue weighted by molar-refractivity contribution is 1.02. The third-order valence-electron chi connectivity index (χ3n) is 3.51. The Bertz CT molecular complexity index is 774. The van der Waals surface area contributed by atoms with Crippen LogP contribution in [0.15, 0.2) is 60.0 Å². The van der Waals surface area contributed by atoms with E-state index in [2.05, 4.69) is 32.3 Å². The molecule has 3 aromatic rings. The lowest BCUT2D eigenvalue weighted by atomic mass is 9.95. The van der Waals surface area contributed by atoms with E-state index in [1.54, 1.807) is 0 Å². The molecule has 0 spiro atoms. The number of benzene rings is 1. The minimum atomic E-state index is 0.644. The van der Waals surface area contributed by atoms with Gasteiger partial charge in [-0.1, -0.05) is 30.3 Å². The molecule has 4 rings (SSSR count). The smallest absolute Gasteiger partial charge is 0.0826 e. The molecule has 2 aromatic heterocycles. The molecule has 3 heterocycles. The van der Waals surface area contributed by atoms with Crippen LogP contribution in [0.4, 0.5) is 0 Å². The van der Waals surface area contributed by atoms with Gasteiger partial charge in [0.05, 0.1) is 24.1 Å². The van der Waals surface area contributed by atoms with Gasteiger partial charge in [-0.3, -0.25) is 15.1 Å². The van der Waals surface area contributed by atoms with Crippen LogP contribution >= 0.6 is 0 Å². The van der Waals surface area contributed by atoms with Crippen LogP contribution in [0, 0.1) is 0 Å². The molecule has 96 valence electrons. The summed E-state index contributed by atoms with van der Waals surface area (Å²) in [5.74, 6) is 0. The Morgan fingerprint density at radius 3 is 2.70 bits per heavy atom. The fraction of sp³-hybridized carbons (Fsp3) is 0.0625. The van der Waals surface area contributed by atoms with E-state index in [0.29, 0.717) is 6.54 Å². The van der Waals surface area contributed by atoms with E-state index in [9.17, 15) is 0 Å². The van der Waals surface area contributed by atoms with Crippen molar-refractivity contribution in [3.05, 3.63) is 71.8 Å². The average molecular weight is 260 g/mol. The molecule has 1 aliphatic rings. The molecule has 1 aromatic carbocycles. The number of H-pyrrole nitrogens is 1. The zero-order valence-electron chi connectivity index (χ0n) is 10.7. The Labute approximate surface area is 116 Å². The van der Waals surface area contributed by atoms with Crippen molar-refractivity contribution in [2.75, 3.05) is 0 Å². The van der Waals surface area contributed by atoms with Gasteiger partial charge in [-0.25, -0.2) is 0 Å². The zero-order chi connectivity index (χ0) is 13.4. The maximum absolute atomic E-state index is 4.67. The van der Waals surface area contributed by atoms with Crippen LogP contribution in [0.1, 0.15) is 16.8 Å². The number of hydrogen-bond acceptors (Lipinski definition) is 3. The SMILES string of the molecule is c1ccc(C2=NCc3nccc(-c4cn[nH]c4)c32)cc1. The minimum absolute atomic E-state index is 0.644. The van der Waals surface area contributed by atoms with Crippen molar-refractivity contribution >= 4 is 5.71 Å². The van der Waals surface area contributed by atoms with Crippen molar-refractivity contribution in [2.24, 2.45) is 4.99 Å². The van der Waals surface area contributed by atoms with Gasteiger partial charge < -0.3 is 0 Å². The predicted molar refractivity (Wildman–Crippen MR) is 77.6 cm³/mol.